The van der Waals surface area contributed by atoms with Gasteiger partial charge >= 0.3 is 0 Å². The van der Waals surface area contributed by atoms with Crippen LogP contribution in [-0.4, -0.2) is 20.9 Å². The highest BCUT2D eigenvalue weighted by molar-refractivity contribution is 7.89. The molecule has 2 aromatic carbocycles. The van der Waals surface area contributed by atoms with Gasteiger partial charge in [-0.2, -0.15) is 0 Å². The van der Waals surface area contributed by atoms with Crippen molar-refractivity contribution in [1.29, 1.82) is 0 Å². The second-order valence-electron chi connectivity index (χ2n) is 5.85. The van der Waals surface area contributed by atoms with Gasteiger partial charge in [-0.25, -0.2) is 18.1 Å². The Morgan fingerprint density at radius 1 is 1.08 bits per heavy atom. The highest BCUT2D eigenvalue weighted by Crippen LogP contribution is 2.14. The molecule has 0 aliphatic carbocycles. The van der Waals surface area contributed by atoms with Gasteiger partial charge in [-0.3, -0.25) is 0 Å². The Morgan fingerprint density at radius 3 is 2.24 bits per heavy atom. The van der Waals surface area contributed by atoms with E-state index in [0.717, 1.165) is 22.4 Å². The summed E-state index contributed by atoms with van der Waals surface area (Å²) in [5.41, 5.74) is 9.99. The van der Waals surface area contributed by atoms with E-state index in [1.165, 1.54) is 0 Å². The maximum Gasteiger partial charge on any atom is 0.240 e. The highest BCUT2D eigenvalue weighted by atomic mass is 32.2. The Hall–Kier alpha value is -2.38. The van der Waals surface area contributed by atoms with Crippen molar-refractivity contribution in [3.05, 3.63) is 59.2 Å². The van der Waals surface area contributed by atoms with Crippen LogP contribution in [0.25, 0.3) is 0 Å². The van der Waals surface area contributed by atoms with Gasteiger partial charge in [0, 0.05) is 12.2 Å². The molecule has 0 aromatic heterocycles. The van der Waals surface area contributed by atoms with Crippen molar-refractivity contribution < 1.29 is 8.42 Å². The average Bonchev–Trinajstić information content (AvgIpc) is 2.52. The lowest BCUT2D eigenvalue weighted by Gasteiger charge is -2.08. The number of guanidine groups is 1. The predicted molar refractivity (Wildman–Crippen MR) is 102 cm³/mol. The van der Waals surface area contributed by atoms with Crippen LogP contribution in [0.15, 0.2) is 52.4 Å². The predicted octanol–water partition coefficient (Wildman–Crippen LogP) is 2.53. The summed E-state index contributed by atoms with van der Waals surface area (Å²) in [7, 11) is -3.43. The molecule has 0 bridgehead atoms. The van der Waals surface area contributed by atoms with Crippen LogP contribution in [-0.2, 0) is 16.6 Å². The summed E-state index contributed by atoms with van der Waals surface area (Å²) in [6.07, 6.45) is 0. The first-order chi connectivity index (χ1) is 11.8. The number of nitrogens with two attached hydrogens (primary N) is 1. The molecule has 25 heavy (non-hydrogen) atoms. The molecule has 0 aliphatic rings. The van der Waals surface area contributed by atoms with E-state index in [4.69, 9.17) is 5.73 Å². The van der Waals surface area contributed by atoms with Crippen LogP contribution >= 0.6 is 0 Å². The molecule has 0 aliphatic heterocycles. The number of benzene rings is 2. The van der Waals surface area contributed by atoms with Gasteiger partial charge in [0.1, 0.15) is 0 Å². The second kappa shape index (κ2) is 8.13. The minimum atomic E-state index is -3.43. The standard InChI is InChI=1S/C18H24N4O2S/c1-4-21-25(23,24)17-7-5-15(6-8-17)12-20-18(19)22-16-10-13(2)9-14(3)11-16/h5-11,21H,4,12H2,1-3H3,(H3,19,20,22). The molecule has 0 spiro atoms. The molecule has 7 heteroatoms. The van der Waals surface area contributed by atoms with Crippen molar-refractivity contribution >= 4 is 21.7 Å². The molecule has 0 fully saturated rings. The number of sulfonamides is 1. The van der Waals surface area contributed by atoms with Gasteiger partial charge in [-0.1, -0.05) is 25.1 Å². The van der Waals surface area contributed by atoms with Gasteiger partial charge in [-0.05, 0) is 54.8 Å². The van der Waals surface area contributed by atoms with E-state index in [2.05, 4.69) is 21.1 Å². The van der Waals surface area contributed by atoms with E-state index in [1.807, 2.05) is 26.0 Å². The third kappa shape index (κ3) is 5.58. The minimum absolute atomic E-state index is 0.239. The number of aliphatic imine (C=N–C) groups is 1. The number of aryl methyl sites for hydroxylation is 2. The second-order valence-corrected chi connectivity index (χ2v) is 7.62. The maximum absolute atomic E-state index is 11.9. The molecule has 4 N–H and O–H groups in total. The zero-order chi connectivity index (χ0) is 18.4. The summed E-state index contributed by atoms with van der Waals surface area (Å²) in [6.45, 7) is 6.51. The van der Waals surface area contributed by atoms with Gasteiger partial charge < -0.3 is 11.1 Å². The van der Waals surface area contributed by atoms with Crippen LogP contribution in [0.5, 0.6) is 0 Å². The fraction of sp³-hybridized carbons (Fsp3) is 0.278. The Kier molecular flexibility index (Phi) is 6.17. The Labute approximate surface area is 149 Å². The Balaban J connectivity index is 2.03. The van der Waals surface area contributed by atoms with E-state index in [1.54, 1.807) is 31.2 Å². The van der Waals surface area contributed by atoms with Gasteiger partial charge in [-0.15, -0.1) is 0 Å². The average molecular weight is 360 g/mol. The van der Waals surface area contributed by atoms with Crippen LogP contribution < -0.4 is 15.8 Å². The zero-order valence-electron chi connectivity index (χ0n) is 14.7. The summed E-state index contributed by atoms with van der Waals surface area (Å²) < 4.78 is 26.3. The van der Waals surface area contributed by atoms with Gasteiger partial charge in [0.05, 0.1) is 11.4 Å². The van der Waals surface area contributed by atoms with Gasteiger partial charge in [0.2, 0.25) is 10.0 Å². The van der Waals surface area contributed by atoms with Crippen LogP contribution in [0, 0.1) is 13.8 Å². The first kappa shape index (κ1) is 19.0. The number of anilines is 1. The molecular formula is C18H24N4O2S. The van der Waals surface area contributed by atoms with Gasteiger partial charge in [0.25, 0.3) is 0 Å². The van der Waals surface area contributed by atoms with E-state index < -0.39 is 10.0 Å². The molecule has 2 aromatic rings. The zero-order valence-corrected chi connectivity index (χ0v) is 15.5. The number of hydrogen-bond donors (Lipinski definition) is 3. The summed E-state index contributed by atoms with van der Waals surface area (Å²) in [4.78, 5) is 4.53. The molecule has 6 nitrogen and oxygen atoms in total. The fourth-order valence-corrected chi connectivity index (χ4v) is 3.50. The summed E-state index contributed by atoms with van der Waals surface area (Å²) in [5, 5.41) is 3.07. The van der Waals surface area contributed by atoms with Crippen molar-refractivity contribution in [3.63, 3.8) is 0 Å². The molecule has 0 saturated heterocycles. The summed E-state index contributed by atoms with van der Waals surface area (Å²) in [5.74, 6) is 0.314. The number of rotatable bonds is 6. The van der Waals surface area contributed by atoms with E-state index in [-0.39, 0.29) is 4.90 Å². The van der Waals surface area contributed by atoms with Crippen molar-refractivity contribution in [2.45, 2.75) is 32.2 Å². The van der Waals surface area contributed by atoms with E-state index in [9.17, 15) is 8.42 Å². The normalized spacial score (nSPS) is 12.2. The number of nitrogens with one attached hydrogen (secondary N) is 2. The Morgan fingerprint density at radius 2 is 1.68 bits per heavy atom. The minimum Gasteiger partial charge on any atom is -0.370 e. The number of nitrogens with zero attached hydrogens (tertiary/aromatic N) is 1. The Bertz CT molecular complexity index is 839. The topological polar surface area (TPSA) is 96.6 Å². The van der Waals surface area contributed by atoms with E-state index >= 15 is 0 Å². The van der Waals surface area contributed by atoms with Crippen LogP contribution in [0.4, 0.5) is 5.69 Å². The monoisotopic (exact) mass is 360 g/mol. The number of hydrogen-bond acceptors (Lipinski definition) is 3. The third-order valence-electron chi connectivity index (χ3n) is 3.49. The molecule has 0 amide bonds. The molecule has 2 rings (SSSR count). The summed E-state index contributed by atoms with van der Waals surface area (Å²) in [6, 6.07) is 12.7. The molecule has 0 radical (unpaired) electrons. The van der Waals surface area contributed by atoms with Gasteiger partial charge in [0.15, 0.2) is 5.96 Å². The van der Waals surface area contributed by atoms with Crippen molar-refractivity contribution in [2.24, 2.45) is 10.7 Å². The van der Waals surface area contributed by atoms with Crippen molar-refractivity contribution in [1.82, 2.24) is 4.72 Å². The van der Waals surface area contributed by atoms with E-state index in [0.29, 0.717) is 19.0 Å². The van der Waals surface area contributed by atoms with Crippen LogP contribution in [0.2, 0.25) is 0 Å². The summed E-state index contributed by atoms with van der Waals surface area (Å²) >= 11 is 0. The maximum atomic E-state index is 11.9. The largest absolute Gasteiger partial charge is 0.370 e. The quantitative estimate of drug-likeness (QED) is 0.545. The lowest BCUT2D eigenvalue weighted by Crippen LogP contribution is -2.23. The van der Waals surface area contributed by atoms with Crippen LogP contribution in [0.3, 0.4) is 0 Å². The molecule has 0 saturated carbocycles. The lowest BCUT2D eigenvalue weighted by molar-refractivity contribution is 0.584. The SMILES string of the molecule is CCNS(=O)(=O)c1ccc(CN=C(N)Nc2cc(C)cc(C)c2)cc1. The smallest absolute Gasteiger partial charge is 0.240 e. The lowest BCUT2D eigenvalue weighted by atomic mass is 10.1. The molecule has 134 valence electrons. The first-order valence-electron chi connectivity index (χ1n) is 8.04. The first-order valence-corrected chi connectivity index (χ1v) is 9.52. The molecule has 0 unspecified atom stereocenters. The van der Waals surface area contributed by atoms with Crippen molar-refractivity contribution in [3.8, 4) is 0 Å². The van der Waals surface area contributed by atoms with Crippen molar-refractivity contribution in [2.75, 3.05) is 11.9 Å². The molecule has 0 atom stereocenters. The highest BCUT2D eigenvalue weighted by Gasteiger charge is 2.11. The molecular weight excluding hydrogens is 336 g/mol. The van der Waals surface area contributed by atoms with Crippen LogP contribution in [0.1, 0.15) is 23.6 Å². The third-order valence-corrected chi connectivity index (χ3v) is 5.06. The molecule has 0 heterocycles. The fourth-order valence-electron chi connectivity index (χ4n) is 2.46.